The molecule has 4 aromatic rings. The summed E-state index contributed by atoms with van der Waals surface area (Å²) in [4.78, 5) is 29.6. The third kappa shape index (κ3) is 5.34. The molecule has 1 aliphatic rings. The number of halogens is 1. The van der Waals surface area contributed by atoms with E-state index in [0.29, 0.717) is 22.6 Å². The lowest BCUT2D eigenvalue weighted by Gasteiger charge is -2.42. The van der Waals surface area contributed by atoms with Crippen molar-refractivity contribution in [2.24, 2.45) is 0 Å². The molecular formula is C32H29FN2O4. The van der Waals surface area contributed by atoms with Gasteiger partial charge in [-0.1, -0.05) is 60.7 Å². The summed E-state index contributed by atoms with van der Waals surface area (Å²) in [5.74, 6) is -0.0997. The van der Waals surface area contributed by atoms with Crippen LogP contribution in [-0.4, -0.2) is 30.9 Å². The van der Waals surface area contributed by atoms with Crippen LogP contribution in [0, 0.1) is 5.82 Å². The zero-order chi connectivity index (χ0) is 27.4. The Labute approximate surface area is 227 Å². The monoisotopic (exact) mass is 524 g/mol. The first-order valence-corrected chi connectivity index (χ1v) is 12.7. The van der Waals surface area contributed by atoms with E-state index in [0.717, 1.165) is 16.7 Å². The molecule has 5 rings (SSSR count). The van der Waals surface area contributed by atoms with Crippen LogP contribution in [0.4, 0.5) is 4.39 Å². The Morgan fingerprint density at radius 2 is 1.56 bits per heavy atom. The summed E-state index contributed by atoms with van der Waals surface area (Å²) in [6, 6.07) is 27.6. The van der Waals surface area contributed by atoms with E-state index in [2.05, 4.69) is 5.32 Å². The number of rotatable bonds is 8. The van der Waals surface area contributed by atoms with Crippen molar-refractivity contribution in [1.82, 2.24) is 10.2 Å². The summed E-state index contributed by atoms with van der Waals surface area (Å²) >= 11 is 0. The van der Waals surface area contributed by atoms with Crippen molar-refractivity contribution < 1.29 is 23.5 Å². The molecule has 0 fully saturated rings. The van der Waals surface area contributed by atoms with E-state index >= 15 is 0 Å². The lowest BCUT2D eigenvalue weighted by molar-refractivity contribution is -0.124. The van der Waals surface area contributed by atoms with Crippen molar-refractivity contribution in [3.8, 4) is 11.5 Å². The number of nitrogens with one attached hydrogen (secondary N) is 1. The molecule has 198 valence electrons. The van der Waals surface area contributed by atoms with Gasteiger partial charge in [0.25, 0.3) is 5.91 Å². The van der Waals surface area contributed by atoms with Gasteiger partial charge in [-0.3, -0.25) is 9.59 Å². The van der Waals surface area contributed by atoms with Crippen LogP contribution in [0.5, 0.6) is 11.5 Å². The number of carbonyl (C=O) groups excluding carboxylic acids is 2. The minimum Gasteiger partial charge on any atom is -0.497 e. The summed E-state index contributed by atoms with van der Waals surface area (Å²) in [6.45, 7) is 0.475. The number of fused-ring (bicyclic) bond motifs is 1. The first-order chi connectivity index (χ1) is 19.0. The Morgan fingerprint density at radius 3 is 2.28 bits per heavy atom. The molecule has 4 aromatic carbocycles. The van der Waals surface area contributed by atoms with Gasteiger partial charge in [-0.05, 0) is 53.1 Å². The lowest BCUT2D eigenvalue weighted by atomic mass is 9.79. The van der Waals surface area contributed by atoms with E-state index in [1.807, 2.05) is 60.7 Å². The second-order valence-corrected chi connectivity index (χ2v) is 9.37. The molecular weight excluding hydrogens is 495 g/mol. The van der Waals surface area contributed by atoms with E-state index in [9.17, 15) is 14.0 Å². The van der Waals surface area contributed by atoms with Gasteiger partial charge in [-0.25, -0.2) is 4.39 Å². The highest BCUT2D eigenvalue weighted by Gasteiger charge is 2.44. The van der Waals surface area contributed by atoms with Crippen molar-refractivity contribution >= 4 is 11.8 Å². The summed E-state index contributed by atoms with van der Waals surface area (Å²) in [6.07, 6.45) is 0. The maximum absolute atomic E-state index is 14.0. The molecule has 39 heavy (non-hydrogen) atoms. The van der Waals surface area contributed by atoms with Crippen LogP contribution in [0.3, 0.4) is 0 Å². The third-order valence-corrected chi connectivity index (χ3v) is 7.09. The average molecular weight is 525 g/mol. The molecule has 0 bridgehead atoms. The molecule has 0 unspecified atom stereocenters. The number of methoxy groups -OCH3 is 2. The van der Waals surface area contributed by atoms with Crippen molar-refractivity contribution in [2.45, 2.75) is 25.0 Å². The minimum atomic E-state index is -0.692. The maximum atomic E-state index is 14.0. The average Bonchev–Trinajstić information content (AvgIpc) is 2.98. The van der Waals surface area contributed by atoms with E-state index in [4.69, 9.17) is 9.47 Å². The number of amides is 2. The van der Waals surface area contributed by atoms with Gasteiger partial charge < -0.3 is 19.7 Å². The fourth-order valence-electron chi connectivity index (χ4n) is 5.15. The molecule has 2 amide bonds. The molecule has 1 N–H and O–H groups in total. The molecule has 0 saturated heterocycles. The minimum absolute atomic E-state index is 0.190. The van der Waals surface area contributed by atoms with Crippen molar-refractivity contribution in [3.63, 3.8) is 0 Å². The molecule has 6 nitrogen and oxygen atoms in total. The van der Waals surface area contributed by atoms with Gasteiger partial charge in [-0.15, -0.1) is 0 Å². The first-order valence-electron chi connectivity index (χ1n) is 12.7. The van der Waals surface area contributed by atoms with E-state index in [-0.39, 0.29) is 30.7 Å². The van der Waals surface area contributed by atoms with Crippen LogP contribution in [0.2, 0.25) is 0 Å². The predicted molar refractivity (Wildman–Crippen MR) is 146 cm³/mol. The van der Waals surface area contributed by atoms with E-state index in [1.54, 1.807) is 43.4 Å². The van der Waals surface area contributed by atoms with Crippen LogP contribution >= 0.6 is 0 Å². The van der Waals surface area contributed by atoms with Crippen molar-refractivity contribution in [1.29, 1.82) is 0 Å². The molecule has 2 atom stereocenters. The molecule has 0 aliphatic carbocycles. The smallest absolute Gasteiger partial charge is 0.255 e. The summed E-state index contributed by atoms with van der Waals surface area (Å²) in [5, 5.41) is 3.08. The van der Waals surface area contributed by atoms with Gasteiger partial charge in [0, 0.05) is 24.2 Å². The number of para-hydroxylation sites is 1. The molecule has 0 aromatic heterocycles. The van der Waals surface area contributed by atoms with Gasteiger partial charge in [-0.2, -0.15) is 0 Å². The second-order valence-electron chi connectivity index (χ2n) is 9.37. The maximum Gasteiger partial charge on any atom is 0.255 e. The quantitative estimate of drug-likeness (QED) is 0.324. The van der Waals surface area contributed by atoms with E-state index in [1.165, 1.54) is 12.1 Å². The van der Waals surface area contributed by atoms with Gasteiger partial charge in [0.05, 0.1) is 26.2 Å². The Bertz CT molecular complexity index is 1470. The predicted octanol–water partition coefficient (Wildman–Crippen LogP) is 5.64. The normalized spacial score (nSPS) is 16.4. The van der Waals surface area contributed by atoms with Gasteiger partial charge in [0.1, 0.15) is 17.3 Å². The Hall–Kier alpha value is -4.65. The van der Waals surface area contributed by atoms with Crippen molar-refractivity contribution in [3.05, 3.63) is 131 Å². The highest BCUT2D eigenvalue weighted by atomic mass is 19.1. The highest BCUT2D eigenvalue weighted by molar-refractivity contribution is 6.01. The Balaban J connectivity index is 1.58. The number of ether oxygens (including phenoxy) is 2. The zero-order valence-electron chi connectivity index (χ0n) is 21.8. The van der Waals surface area contributed by atoms with Crippen LogP contribution in [-0.2, 0) is 17.9 Å². The van der Waals surface area contributed by atoms with E-state index < -0.39 is 12.0 Å². The second kappa shape index (κ2) is 11.4. The summed E-state index contributed by atoms with van der Waals surface area (Å²) < 4.78 is 24.4. The molecule has 1 aliphatic heterocycles. The van der Waals surface area contributed by atoms with Gasteiger partial charge in [0.15, 0.2) is 0 Å². The largest absolute Gasteiger partial charge is 0.497 e. The highest BCUT2D eigenvalue weighted by Crippen LogP contribution is 2.44. The standard InChI is InChI=1S/C32H29FN2O4/c1-38-25-17-13-22(14-18-25)30-29(31(36)34-19-23-7-3-6-10-28(23)39-2)26-8-4-5-9-27(26)32(37)35(30)20-21-11-15-24(33)16-12-21/h3-18,29-30H,19-20H2,1-2H3,(H,34,36)/t29-,30-/m1/s1. The van der Waals surface area contributed by atoms with Crippen molar-refractivity contribution in [2.75, 3.05) is 14.2 Å². The number of hydrogen-bond donors (Lipinski definition) is 1. The molecule has 0 radical (unpaired) electrons. The van der Waals surface area contributed by atoms with Crippen LogP contribution < -0.4 is 14.8 Å². The summed E-state index contributed by atoms with van der Waals surface area (Å²) in [5.41, 5.74) is 3.53. The molecule has 7 heteroatoms. The lowest BCUT2D eigenvalue weighted by Crippen LogP contribution is -2.47. The first kappa shape index (κ1) is 26.0. The third-order valence-electron chi connectivity index (χ3n) is 7.09. The zero-order valence-corrected chi connectivity index (χ0v) is 21.8. The number of carbonyl (C=O) groups is 2. The fraction of sp³-hybridized carbons (Fsp3) is 0.188. The number of nitrogens with zero attached hydrogens (tertiary/aromatic N) is 1. The number of hydrogen-bond acceptors (Lipinski definition) is 4. The summed E-state index contributed by atoms with van der Waals surface area (Å²) in [7, 11) is 3.18. The molecule has 0 spiro atoms. The van der Waals surface area contributed by atoms with Crippen LogP contribution in [0.25, 0.3) is 0 Å². The van der Waals surface area contributed by atoms with Gasteiger partial charge in [0.2, 0.25) is 5.91 Å². The van der Waals surface area contributed by atoms with Gasteiger partial charge >= 0.3 is 0 Å². The SMILES string of the molecule is COc1ccc([C@@H]2[C@H](C(=O)NCc3ccccc3OC)c3ccccc3C(=O)N2Cc2ccc(F)cc2)cc1. The van der Waals surface area contributed by atoms with Crippen LogP contribution in [0.1, 0.15) is 44.6 Å². The van der Waals surface area contributed by atoms with Crippen LogP contribution in [0.15, 0.2) is 97.1 Å². The fourth-order valence-corrected chi connectivity index (χ4v) is 5.15. The molecule has 0 saturated carbocycles. The topological polar surface area (TPSA) is 67.9 Å². The Morgan fingerprint density at radius 1 is 0.872 bits per heavy atom. The Kier molecular flexibility index (Phi) is 7.59. The number of benzene rings is 4. The molecule has 1 heterocycles.